The van der Waals surface area contributed by atoms with Crippen LogP contribution >= 0.6 is 0 Å². The minimum Gasteiger partial charge on any atom is -0.380 e. The van der Waals surface area contributed by atoms with Gasteiger partial charge in [-0.2, -0.15) is 0 Å². The van der Waals surface area contributed by atoms with Gasteiger partial charge in [0.25, 0.3) is 0 Å². The van der Waals surface area contributed by atoms with Crippen molar-refractivity contribution in [2.45, 2.75) is 45.3 Å². The second kappa shape index (κ2) is 7.43. The second-order valence-electron chi connectivity index (χ2n) is 4.53. The van der Waals surface area contributed by atoms with Gasteiger partial charge in [0, 0.05) is 7.11 Å². The Kier molecular flexibility index (Phi) is 6.19. The van der Waals surface area contributed by atoms with Crippen molar-refractivity contribution < 1.29 is 4.74 Å². The number of hydrazine groups is 1. The van der Waals surface area contributed by atoms with Gasteiger partial charge >= 0.3 is 0 Å². The Bertz CT molecular complexity index is 311. The third-order valence-electron chi connectivity index (χ3n) is 3.12. The van der Waals surface area contributed by atoms with E-state index in [1.54, 1.807) is 7.11 Å². The summed E-state index contributed by atoms with van der Waals surface area (Å²) >= 11 is 0. The summed E-state index contributed by atoms with van der Waals surface area (Å²) in [5.74, 6) is 5.63. The van der Waals surface area contributed by atoms with Gasteiger partial charge in [-0.25, -0.2) is 0 Å². The summed E-state index contributed by atoms with van der Waals surface area (Å²) in [4.78, 5) is 0. The molecule has 3 nitrogen and oxygen atoms in total. The SMILES string of the molecule is CCCC(OC)C(Cc1ccc(C)cc1)NN. The summed E-state index contributed by atoms with van der Waals surface area (Å²) in [5.41, 5.74) is 5.45. The van der Waals surface area contributed by atoms with E-state index in [4.69, 9.17) is 10.6 Å². The lowest BCUT2D eigenvalue weighted by Gasteiger charge is -2.25. The Morgan fingerprint density at radius 2 is 1.94 bits per heavy atom. The normalized spacial score (nSPS) is 14.6. The highest BCUT2D eigenvalue weighted by Gasteiger charge is 2.19. The Morgan fingerprint density at radius 3 is 2.41 bits per heavy atom. The molecule has 0 aliphatic rings. The number of methoxy groups -OCH3 is 1. The zero-order valence-electron chi connectivity index (χ0n) is 11.1. The summed E-state index contributed by atoms with van der Waals surface area (Å²) < 4.78 is 5.50. The van der Waals surface area contributed by atoms with E-state index in [1.165, 1.54) is 11.1 Å². The maximum atomic E-state index is 5.63. The maximum Gasteiger partial charge on any atom is 0.0740 e. The Labute approximate surface area is 104 Å². The number of ether oxygens (including phenoxy) is 1. The first kappa shape index (κ1) is 14.2. The van der Waals surface area contributed by atoms with Gasteiger partial charge < -0.3 is 4.74 Å². The molecular weight excluding hydrogens is 212 g/mol. The number of hydrogen-bond acceptors (Lipinski definition) is 3. The monoisotopic (exact) mass is 236 g/mol. The first-order chi connectivity index (χ1) is 8.21. The average molecular weight is 236 g/mol. The third-order valence-corrected chi connectivity index (χ3v) is 3.12. The van der Waals surface area contributed by atoms with Crippen LogP contribution in [0.4, 0.5) is 0 Å². The molecule has 0 saturated carbocycles. The second-order valence-corrected chi connectivity index (χ2v) is 4.53. The number of hydrogen-bond donors (Lipinski definition) is 2. The van der Waals surface area contributed by atoms with Gasteiger partial charge in [-0.1, -0.05) is 43.2 Å². The molecule has 0 radical (unpaired) electrons. The highest BCUT2D eigenvalue weighted by atomic mass is 16.5. The summed E-state index contributed by atoms with van der Waals surface area (Å²) in [6, 6.07) is 8.73. The minimum absolute atomic E-state index is 0.169. The number of aryl methyl sites for hydroxylation is 1. The van der Waals surface area contributed by atoms with Crippen LogP contribution in [0.1, 0.15) is 30.9 Å². The molecule has 2 atom stereocenters. The van der Waals surface area contributed by atoms with Crippen molar-refractivity contribution >= 4 is 0 Å². The van der Waals surface area contributed by atoms with Gasteiger partial charge in [-0.3, -0.25) is 11.3 Å². The lowest BCUT2D eigenvalue weighted by Crippen LogP contribution is -2.46. The van der Waals surface area contributed by atoms with E-state index in [0.717, 1.165) is 19.3 Å². The van der Waals surface area contributed by atoms with Crippen molar-refractivity contribution in [1.29, 1.82) is 0 Å². The van der Waals surface area contributed by atoms with Crippen molar-refractivity contribution in [3.63, 3.8) is 0 Å². The summed E-state index contributed by atoms with van der Waals surface area (Å²) in [6.07, 6.45) is 3.20. The molecule has 1 aromatic rings. The number of nitrogens with two attached hydrogens (primary N) is 1. The van der Waals surface area contributed by atoms with Gasteiger partial charge in [0.15, 0.2) is 0 Å². The first-order valence-electron chi connectivity index (χ1n) is 6.25. The third kappa shape index (κ3) is 4.46. The van der Waals surface area contributed by atoms with E-state index in [-0.39, 0.29) is 12.1 Å². The number of benzene rings is 1. The van der Waals surface area contributed by atoms with Crippen molar-refractivity contribution in [3.05, 3.63) is 35.4 Å². The van der Waals surface area contributed by atoms with Gasteiger partial charge in [0.05, 0.1) is 12.1 Å². The van der Waals surface area contributed by atoms with Crippen LogP contribution in [0.25, 0.3) is 0 Å². The van der Waals surface area contributed by atoms with Crippen LogP contribution in [0.5, 0.6) is 0 Å². The molecule has 0 aliphatic carbocycles. The van der Waals surface area contributed by atoms with Crippen molar-refractivity contribution in [2.75, 3.05) is 7.11 Å². The fourth-order valence-electron chi connectivity index (χ4n) is 2.04. The van der Waals surface area contributed by atoms with Gasteiger partial charge in [0.1, 0.15) is 0 Å². The van der Waals surface area contributed by atoms with Crippen LogP contribution in [0.2, 0.25) is 0 Å². The smallest absolute Gasteiger partial charge is 0.0740 e. The Hall–Kier alpha value is -0.900. The van der Waals surface area contributed by atoms with Crippen LogP contribution < -0.4 is 11.3 Å². The Morgan fingerprint density at radius 1 is 1.29 bits per heavy atom. The van der Waals surface area contributed by atoms with Crippen LogP contribution in [0.15, 0.2) is 24.3 Å². The lowest BCUT2D eigenvalue weighted by atomic mass is 9.98. The zero-order chi connectivity index (χ0) is 12.7. The molecule has 2 unspecified atom stereocenters. The van der Waals surface area contributed by atoms with E-state index < -0.39 is 0 Å². The van der Waals surface area contributed by atoms with Crippen molar-refractivity contribution in [3.8, 4) is 0 Å². The highest BCUT2D eigenvalue weighted by Crippen LogP contribution is 2.12. The summed E-state index contributed by atoms with van der Waals surface area (Å²) in [5, 5.41) is 0. The molecule has 0 heterocycles. The lowest BCUT2D eigenvalue weighted by molar-refractivity contribution is 0.0609. The van der Waals surface area contributed by atoms with E-state index in [1.807, 2.05) is 0 Å². The minimum atomic E-state index is 0.169. The van der Waals surface area contributed by atoms with E-state index in [9.17, 15) is 0 Å². The molecule has 0 bridgehead atoms. The predicted octanol–water partition coefficient (Wildman–Crippen LogP) is 2.18. The fourth-order valence-corrected chi connectivity index (χ4v) is 2.04. The quantitative estimate of drug-likeness (QED) is 0.563. The predicted molar refractivity (Wildman–Crippen MR) is 71.7 cm³/mol. The molecule has 0 aliphatic heterocycles. The van der Waals surface area contributed by atoms with Gasteiger partial charge in [-0.15, -0.1) is 0 Å². The fraction of sp³-hybridized carbons (Fsp3) is 0.571. The molecule has 0 aromatic heterocycles. The topological polar surface area (TPSA) is 47.3 Å². The number of nitrogens with one attached hydrogen (secondary N) is 1. The van der Waals surface area contributed by atoms with Gasteiger partial charge in [0.2, 0.25) is 0 Å². The molecule has 3 N–H and O–H groups in total. The standard InChI is InChI=1S/C14H24N2O/c1-4-5-14(17-3)13(16-15)10-12-8-6-11(2)7-9-12/h6-9,13-14,16H,4-5,10,15H2,1-3H3. The molecular formula is C14H24N2O. The van der Waals surface area contributed by atoms with Crippen LogP contribution in [0, 0.1) is 6.92 Å². The Balaban J connectivity index is 2.64. The maximum absolute atomic E-state index is 5.63. The van der Waals surface area contributed by atoms with E-state index in [2.05, 4.69) is 43.5 Å². The molecule has 96 valence electrons. The molecule has 17 heavy (non-hydrogen) atoms. The average Bonchev–Trinajstić information content (AvgIpc) is 2.36. The zero-order valence-corrected chi connectivity index (χ0v) is 11.1. The first-order valence-corrected chi connectivity index (χ1v) is 6.25. The highest BCUT2D eigenvalue weighted by molar-refractivity contribution is 5.22. The summed E-state index contributed by atoms with van der Waals surface area (Å²) in [6.45, 7) is 4.25. The summed E-state index contributed by atoms with van der Waals surface area (Å²) in [7, 11) is 1.75. The molecule has 0 amide bonds. The van der Waals surface area contributed by atoms with Crippen molar-refractivity contribution in [2.24, 2.45) is 5.84 Å². The number of rotatable bonds is 7. The molecule has 0 fully saturated rings. The molecule has 0 saturated heterocycles. The van der Waals surface area contributed by atoms with Gasteiger partial charge in [-0.05, 0) is 25.3 Å². The van der Waals surface area contributed by atoms with E-state index >= 15 is 0 Å². The van der Waals surface area contributed by atoms with Crippen LogP contribution in [-0.2, 0) is 11.2 Å². The van der Waals surface area contributed by atoms with Crippen LogP contribution in [0.3, 0.4) is 0 Å². The molecule has 1 aromatic carbocycles. The van der Waals surface area contributed by atoms with Crippen molar-refractivity contribution in [1.82, 2.24) is 5.43 Å². The molecule has 1 rings (SSSR count). The largest absolute Gasteiger partial charge is 0.380 e. The molecule has 0 spiro atoms. The van der Waals surface area contributed by atoms with E-state index in [0.29, 0.717) is 0 Å². The molecule has 3 heteroatoms. The van der Waals surface area contributed by atoms with Crippen LogP contribution in [-0.4, -0.2) is 19.3 Å².